The second kappa shape index (κ2) is 10.7. The monoisotopic (exact) mass is 426 g/mol. The molecule has 28 heavy (non-hydrogen) atoms. The lowest BCUT2D eigenvalue weighted by molar-refractivity contribution is -0.137. The maximum absolute atomic E-state index is 12.0. The van der Waals surface area contributed by atoms with Crippen LogP contribution in [0, 0.1) is 0 Å². The highest BCUT2D eigenvalue weighted by Crippen LogP contribution is 2.10. The van der Waals surface area contributed by atoms with Crippen molar-refractivity contribution >= 4 is 39.8 Å². The normalized spacial score (nSPS) is 10.6. The van der Waals surface area contributed by atoms with Crippen molar-refractivity contribution in [1.82, 2.24) is 5.32 Å². The van der Waals surface area contributed by atoms with Crippen LogP contribution in [0.15, 0.2) is 48.5 Å². The Morgan fingerprint density at radius 3 is 2.07 bits per heavy atom. The number of ether oxygens (including phenoxy) is 1. The average molecular weight is 427 g/mol. The largest absolute Gasteiger partial charge is 0.468 e. The number of carbonyl (C=O) groups is 2. The highest BCUT2D eigenvalue weighted by molar-refractivity contribution is 7.91. The lowest BCUT2D eigenvalue weighted by atomic mass is 10.1. The van der Waals surface area contributed by atoms with Crippen molar-refractivity contribution in [1.29, 1.82) is 0 Å². The van der Waals surface area contributed by atoms with Gasteiger partial charge in [0.05, 0.1) is 19.3 Å². The molecule has 0 fully saturated rings. The minimum Gasteiger partial charge on any atom is -0.468 e. The zero-order chi connectivity index (χ0) is 19.9. The first-order valence-corrected chi connectivity index (χ1v) is 10.1. The van der Waals surface area contributed by atoms with Crippen LogP contribution in [0.25, 0.3) is 0 Å². The molecule has 0 saturated carbocycles. The molecule has 0 atom stereocenters. The molecule has 152 valence electrons. The summed E-state index contributed by atoms with van der Waals surface area (Å²) in [5.41, 5.74) is 8.53. The SMILES string of the molecule is COC(=O)CS(=O)(=O)Cc1ccc(CNC(=O)Cc2ccc(N)cc2)cc1.Cl. The van der Waals surface area contributed by atoms with Crippen LogP contribution >= 0.6 is 12.4 Å². The number of methoxy groups -OCH3 is 1. The Bertz CT molecular complexity index is 897. The summed E-state index contributed by atoms with van der Waals surface area (Å²) >= 11 is 0. The molecule has 0 aromatic heterocycles. The highest BCUT2D eigenvalue weighted by atomic mass is 35.5. The van der Waals surface area contributed by atoms with E-state index in [0.717, 1.165) is 18.2 Å². The summed E-state index contributed by atoms with van der Waals surface area (Å²) in [5, 5.41) is 2.81. The Labute approximate surface area is 170 Å². The van der Waals surface area contributed by atoms with Gasteiger partial charge in [-0.15, -0.1) is 12.4 Å². The van der Waals surface area contributed by atoms with E-state index in [9.17, 15) is 18.0 Å². The Morgan fingerprint density at radius 1 is 0.964 bits per heavy atom. The Balaban J connectivity index is 0.00000392. The fourth-order valence-corrected chi connectivity index (χ4v) is 3.66. The van der Waals surface area contributed by atoms with Gasteiger partial charge in [0, 0.05) is 12.2 Å². The number of amides is 1. The first-order valence-electron chi connectivity index (χ1n) is 8.23. The van der Waals surface area contributed by atoms with Gasteiger partial charge in [-0.3, -0.25) is 9.59 Å². The number of nitrogen functional groups attached to an aromatic ring is 1. The predicted octanol–water partition coefficient (Wildman–Crippen LogP) is 1.64. The van der Waals surface area contributed by atoms with Crippen LogP contribution in [0.4, 0.5) is 5.69 Å². The highest BCUT2D eigenvalue weighted by Gasteiger charge is 2.17. The zero-order valence-corrected chi connectivity index (χ0v) is 17.0. The van der Waals surface area contributed by atoms with E-state index in [4.69, 9.17) is 5.73 Å². The van der Waals surface area contributed by atoms with E-state index in [2.05, 4.69) is 10.1 Å². The standard InChI is InChI=1S/C19H22N2O5S.ClH/c1-26-19(23)13-27(24,25)12-16-4-2-15(3-5-16)11-21-18(22)10-14-6-8-17(20)9-7-14;/h2-9H,10-13,20H2,1H3,(H,21,22);1H. The molecular weight excluding hydrogens is 404 g/mol. The minimum atomic E-state index is -3.58. The Morgan fingerprint density at radius 2 is 1.50 bits per heavy atom. The fraction of sp³-hybridized carbons (Fsp3) is 0.263. The quantitative estimate of drug-likeness (QED) is 0.489. The number of nitrogens with one attached hydrogen (secondary N) is 1. The smallest absolute Gasteiger partial charge is 0.320 e. The van der Waals surface area contributed by atoms with E-state index in [0.29, 0.717) is 17.8 Å². The van der Waals surface area contributed by atoms with E-state index in [1.54, 1.807) is 48.5 Å². The molecule has 0 heterocycles. The van der Waals surface area contributed by atoms with Crippen molar-refractivity contribution < 1.29 is 22.7 Å². The van der Waals surface area contributed by atoms with Gasteiger partial charge in [0.15, 0.2) is 9.84 Å². The molecule has 0 unspecified atom stereocenters. The third-order valence-corrected chi connectivity index (χ3v) is 5.26. The number of benzene rings is 2. The van der Waals surface area contributed by atoms with Crippen molar-refractivity contribution in [2.45, 2.75) is 18.7 Å². The van der Waals surface area contributed by atoms with Crippen molar-refractivity contribution in [2.75, 3.05) is 18.6 Å². The third kappa shape index (κ3) is 7.98. The molecule has 3 N–H and O–H groups in total. The molecule has 9 heteroatoms. The molecular formula is C19H23ClN2O5S. The predicted molar refractivity (Wildman–Crippen MR) is 110 cm³/mol. The van der Waals surface area contributed by atoms with Crippen LogP contribution in [0.5, 0.6) is 0 Å². The lowest BCUT2D eigenvalue weighted by Gasteiger charge is -2.08. The van der Waals surface area contributed by atoms with Gasteiger partial charge in [-0.2, -0.15) is 0 Å². The molecule has 2 rings (SSSR count). The summed E-state index contributed by atoms with van der Waals surface area (Å²) in [6.45, 7) is 0.336. The summed E-state index contributed by atoms with van der Waals surface area (Å²) in [5.74, 6) is -1.79. The van der Waals surface area contributed by atoms with Crippen LogP contribution in [0.2, 0.25) is 0 Å². The van der Waals surface area contributed by atoms with Crippen LogP contribution in [-0.4, -0.2) is 33.2 Å². The molecule has 0 bridgehead atoms. The van der Waals surface area contributed by atoms with Gasteiger partial charge in [-0.25, -0.2) is 8.42 Å². The molecule has 0 spiro atoms. The van der Waals surface area contributed by atoms with Gasteiger partial charge in [-0.05, 0) is 28.8 Å². The molecule has 0 radical (unpaired) electrons. The molecule has 2 aromatic carbocycles. The number of carbonyl (C=O) groups excluding carboxylic acids is 2. The molecule has 0 aliphatic carbocycles. The Kier molecular flexibility index (Phi) is 8.94. The summed E-state index contributed by atoms with van der Waals surface area (Å²) in [6, 6.07) is 13.9. The molecule has 0 aliphatic rings. The maximum Gasteiger partial charge on any atom is 0.320 e. The minimum absolute atomic E-state index is 0. The van der Waals surface area contributed by atoms with Gasteiger partial charge >= 0.3 is 5.97 Å². The fourth-order valence-electron chi connectivity index (χ4n) is 2.38. The number of halogens is 1. The van der Waals surface area contributed by atoms with Gasteiger partial charge in [0.1, 0.15) is 5.75 Å². The van der Waals surface area contributed by atoms with E-state index < -0.39 is 21.6 Å². The summed E-state index contributed by atoms with van der Waals surface area (Å²) in [6.07, 6.45) is 0.254. The number of nitrogens with two attached hydrogens (primary N) is 1. The average Bonchev–Trinajstić information content (AvgIpc) is 2.62. The maximum atomic E-state index is 12.0. The van der Waals surface area contributed by atoms with Crippen molar-refractivity contribution in [3.8, 4) is 0 Å². The van der Waals surface area contributed by atoms with Crippen molar-refractivity contribution in [2.24, 2.45) is 0 Å². The van der Waals surface area contributed by atoms with Crippen LogP contribution in [0.1, 0.15) is 16.7 Å². The third-order valence-electron chi connectivity index (χ3n) is 3.81. The van der Waals surface area contributed by atoms with Crippen molar-refractivity contribution in [3.05, 3.63) is 65.2 Å². The molecule has 7 nitrogen and oxygen atoms in total. The first-order chi connectivity index (χ1) is 12.8. The number of esters is 1. The first kappa shape index (κ1) is 23.5. The molecule has 0 saturated heterocycles. The second-order valence-electron chi connectivity index (χ2n) is 6.12. The van der Waals surface area contributed by atoms with Crippen LogP contribution in [0.3, 0.4) is 0 Å². The second-order valence-corrected chi connectivity index (χ2v) is 8.18. The van der Waals surface area contributed by atoms with Crippen molar-refractivity contribution in [3.63, 3.8) is 0 Å². The Hall–Kier alpha value is -2.58. The zero-order valence-electron chi connectivity index (χ0n) is 15.4. The lowest BCUT2D eigenvalue weighted by Crippen LogP contribution is -2.24. The molecule has 0 aliphatic heterocycles. The summed E-state index contributed by atoms with van der Waals surface area (Å²) in [4.78, 5) is 23.1. The number of hydrogen-bond donors (Lipinski definition) is 2. The van der Waals surface area contributed by atoms with E-state index in [1.807, 2.05) is 0 Å². The van der Waals surface area contributed by atoms with E-state index in [1.165, 1.54) is 0 Å². The van der Waals surface area contributed by atoms with Gasteiger partial charge in [0.2, 0.25) is 5.91 Å². The summed E-state index contributed by atoms with van der Waals surface area (Å²) < 4.78 is 28.2. The number of anilines is 1. The molecule has 1 amide bonds. The van der Waals surface area contributed by atoms with Crippen LogP contribution < -0.4 is 11.1 Å². The van der Waals surface area contributed by atoms with Crippen LogP contribution in [-0.2, 0) is 42.9 Å². The van der Waals surface area contributed by atoms with Gasteiger partial charge in [0.25, 0.3) is 0 Å². The van der Waals surface area contributed by atoms with E-state index >= 15 is 0 Å². The van der Waals surface area contributed by atoms with Gasteiger partial charge < -0.3 is 15.8 Å². The van der Waals surface area contributed by atoms with Gasteiger partial charge in [-0.1, -0.05) is 36.4 Å². The number of sulfone groups is 1. The molecule has 2 aromatic rings. The number of rotatable bonds is 8. The van der Waals surface area contributed by atoms with E-state index in [-0.39, 0.29) is 30.5 Å². The topological polar surface area (TPSA) is 116 Å². The summed E-state index contributed by atoms with van der Waals surface area (Å²) in [7, 11) is -2.43. The number of hydrogen-bond acceptors (Lipinski definition) is 6.